The van der Waals surface area contributed by atoms with Crippen LogP contribution < -0.4 is 5.43 Å². The minimum absolute atomic E-state index is 0.150. The van der Waals surface area contributed by atoms with E-state index in [9.17, 15) is 9.59 Å². The van der Waals surface area contributed by atoms with Crippen molar-refractivity contribution < 1.29 is 19.1 Å². The van der Waals surface area contributed by atoms with Crippen molar-refractivity contribution >= 4 is 23.6 Å². The molecule has 1 aliphatic heterocycles. The van der Waals surface area contributed by atoms with Gasteiger partial charge in [-0.1, -0.05) is 12.2 Å². The summed E-state index contributed by atoms with van der Waals surface area (Å²) in [7, 11) is 0. The lowest BCUT2D eigenvalue weighted by Gasteiger charge is -2.40. The van der Waals surface area contributed by atoms with Gasteiger partial charge < -0.3 is 9.47 Å². The molecule has 0 bridgehead atoms. The van der Waals surface area contributed by atoms with E-state index in [1.807, 2.05) is 13.0 Å². The first-order chi connectivity index (χ1) is 12.5. The number of esters is 2. The fraction of sp³-hybridized carbons (Fsp3) is 0.588. The number of aromatic amines is 1. The molecular weight excluding hydrogens is 338 g/mol. The molecule has 140 valence electrons. The Labute approximate surface area is 151 Å². The van der Waals surface area contributed by atoms with E-state index in [0.29, 0.717) is 24.6 Å². The van der Waals surface area contributed by atoms with Crippen molar-refractivity contribution in [2.75, 3.05) is 5.43 Å². The van der Waals surface area contributed by atoms with Crippen LogP contribution >= 0.6 is 0 Å². The molecule has 1 spiro atoms. The van der Waals surface area contributed by atoms with Crippen LogP contribution in [0.3, 0.4) is 0 Å². The Bertz CT molecular complexity index is 709. The number of ether oxygens (including phenoxy) is 2. The molecular formula is C17H23N5O4. The molecule has 0 aromatic carbocycles. The van der Waals surface area contributed by atoms with Gasteiger partial charge in [-0.2, -0.15) is 10.1 Å². The third kappa shape index (κ3) is 4.09. The number of rotatable bonds is 5. The highest BCUT2D eigenvalue weighted by molar-refractivity contribution is 6.63. The van der Waals surface area contributed by atoms with Crippen molar-refractivity contribution in [3.8, 4) is 0 Å². The van der Waals surface area contributed by atoms with Crippen LogP contribution in [0, 0.1) is 12.8 Å². The van der Waals surface area contributed by atoms with Crippen molar-refractivity contribution in [1.29, 1.82) is 0 Å². The summed E-state index contributed by atoms with van der Waals surface area (Å²) >= 11 is 0. The fourth-order valence-corrected chi connectivity index (χ4v) is 3.24. The normalized spacial score (nSPS) is 26.1. The molecule has 2 heterocycles. The number of nitrogens with one attached hydrogen (secondary N) is 2. The van der Waals surface area contributed by atoms with E-state index in [2.05, 4.69) is 31.8 Å². The van der Waals surface area contributed by atoms with Gasteiger partial charge in [-0.25, -0.2) is 15.0 Å². The number of hydrazone groups is 1. The number of anilines is 1. The SMILES string of the molecule is C/C=C\CCC1CCC2(CC1)OC(=O)C(=NNc1n[nH]c(C)n1)C(=O)O2. The summed E-state index contributed by atoms with van der Waals surface area (Å²) in [5, 5.41) is 10.2. The highest BCUT2D eigenvalue weighted by Gasteiger charge is 2.49. The van der Waals surface area contributed by atoms with Crippen LogP contribution in [0.5, 0.6) is 0 Å². The molecule has 1 saturated heterocycles. The van der Waals surface area contributed by atoms with E-state index >= 15 is 0 Å². The molecule has 3 rings (SSSR count). The van der Waals surface area contributed by atoms with Gasteiger partial charge in [0, 0.05) is 12.8 Å². The average Bonchev–Trinajstić information content (AvgIpc) is 3.02. The Morgan fingerprint density at radius 1 is 1.31 bits per heavy atom. The molecule has 0 atom stereocenters. The topological polar surface area (TPSA) is 119 Å². The third-order valence-electron chi connectivity index (χ3n) is 4.65. The van der Waals surface area contributed by atoms with Gasteiger partial charge in [0.15, 0.2) is 0 Å². The predicted molar refractivity (Wildman–Crippen MR) is 93.1 cm³/mol. The number of hydrogen-bond acceptors (Lipinski definition) is 8. The maximum atomic E-state index is 12.2. The van der Waals surface area contributed by atoms with Crippen molar-refractivity contribution in [1.82, 2.24) is 15.2 Å². The molecule has 0 radical (unpaired) electrons. The maximum absolute atomic E-state index is 12.2. The number of carbonyl (C=O) groups is 2. The van der Waals surface area contributed by atoms with Gasteiger partial charge in [-0.05, 0) is 45.4 Å². The molecule has 1 aliphatic carbocycles. The molecule has 2 N–H and O–H groups in total. The Hall–Kier alpha value is -2.71. The van der Waals surface area contributed by atoms with E-state index < -0.39 is 23.4 Å². The monoisotopic (exact) mass is 361 g/mol. The minimum atomic E-state index is -1.15. The number of allylic oxidation sites excluding steroid dienone is 2. The summed E-state index contributed by atoms with van der Waals surface area (Å²) in [5.41, 5.74) is 2.01. The van der Waals surface area contributed by atoms with Crippen LogP contribution in [0.15, 0.2) is 17.3 Å². The van der Waals surface area contributed by atoms with Crippen LogP contribution in [0.2, 0.25) is 0 Å². The summed E-state index contributed by atoms with van der Waals surface area (Å²) in [6.45, 7) is 3.72. The van der Waals surface area contributed by atoms with Crippen molar-refractivity contribution in [3.63, 3.8) is 0 Å². The molecule has 1 aromatic rings. The lowest BCUT2D eigenvalue weighted by Crippen LogP contribution is -2.52. The summed E-state index contributed by atoms with van der Waals surface area (Å²) < 4.78 is 10.9. The summed E-state index contributed by atoms with van der Waals surface area (Å²) in [6, 6.07) is 0. The summed E-state index contributed by atoms with van der Waals surface area (Å²) in [6.07, 6.45) is 9.09. The molecule has 2 aliphatic rings. The third-order valence-corrected chi connectivity index (χ3v) is 4.65. The highest BCUT2D eigenvalue weighted by atomic mass is 16.7. The smallest absolute Gasteiger partial charge is 0.369 e. The van der Waals surface area contributed by atoms with E-state index in [4.69, 9.17) is 9.47 Å². The number of nitrogens with zero attached hydrogens (tertiary/aromatic N) is 3. The number of H-pyrrole nitrogens is 1. The Kier molecular flexibility index (Phi) is 5.34. The molecule has 1 saturated carbocycles. The van der Waals surface area contributed by atoms with Crippen LogP contribution in [-0.2, 0) is 19.1 Å². The number of aromatic nitrogens is 3. The second kappa shape index (κ2) is 7.67. The number of hydrogen-bond donors (Lipinski definition) is 2. The van der Waals surface area contributed by atoms with E-state index in [0.717, 1.165) is 25.7 Å². The van der Waals surface area contributed by atoms with Crippen molar-refractivity contribution in [2.24, 2.45) is 11.0 Å². The second-order valence-electron chi connectivity index (χ2n) is 6.60. The number of aryl methyl sites for hydroxylation is 1. The number of carbonyl (C=O) groups excluding carboxylic acids is 2. The van der Waals surface area contributed by atoms with Gasteiger partial charge >= 0.3 is 11.9 Å². The standard InChI is InChI=1S/C17H23N5O4/c1-3-4-5-6-12-7-9-17(10-8-12)25-14(23)13(15(24)26-17)20-22-16-18-11(2)19-21-16/h3-4,12H,5-10H2,1-2H3,(H2,18,19,21,22)/b4-3-,20-13?. The first kappa shape index (κ1) is 18.1. The van der Waals surface area contributed by atoms with Gasteiger partial charge in [-0.15, -0.1) is 5.10 Å². The second-order valence-corrected chi connectivity index (χ2v) is 6.60. The van der Waals surface area contributed by atoms with E-state index in [1.165, 1.54) is 0 Å². The zero-order chi connectivity index (χ0) is 18.6. The van der Waals surface area contributed by atoms with Gasteiger partial charge in [-0.3, -0.25) is 5.10 Å². The van der Waals surface area contributed by atoms with Gasteiger partial charge in [0.2, 0.25) is 0 Å². The van der Waals surface area contributed by atoms with E-state index in [-0.39, 0.29) is 5.95 Å². The van der Waals surface area contributed by atoms with Gasteiger partial charge in [0.25, 0.3) is 17.4 Å². The summed E-state index contributed by atoms with van der Waals surface area (Å²) in [4.78, 5) is 28.5. The lowest BCUT2D eigenvalue weighted by molar-refractivity contribution is -0.240. The molecule has 9 nitrogen and oxygen atoms in total. The lowest BCUT2D eigenvalue weighted by atomic mass is 9.82. The zero-order valence-corrected chi connectivity index (χ0v) is 14.9. The molecule has 1 aromatic heterocycles. The fourth-order valence-electron chi connectivity index (χ4n) is 3.24. The molecule has 0 amide bonds. The van der Waals surface area contributed by atoms with Crippen LogP contribution in [0.25, 0.3) is 0 Å². The van der Waals surface area contributed by atoms with Gasteiger partial charge in [0.05, 0.1) is 0 Å². The quantitative estimate of drug-likeness (QED) is 0.469. The van der Waals surface area contributed by atoms with Crippen LogP contribution in [0.1, 0.15) is 51.3 Å². The minimum Gasteiger partial charge on any atom is -0.417 e. The first-order valence-electron chi connectivity index (χ1n) is 8.82. The first-order valence-corrected chi connectivity index (χ1v) is 8.82. The highest BCUT2D eigenvalue weighted by Crippen LogP contribution is 2.39. The van der Waals surface area contributed by atoms with E-state index in [1.54, 1.807) is 6.92 Å². The molecule has 9 heteroatoms. The Morgan fingerprint density at radius 3 is 2.58 bits per heavy atom. The Balaban J connectivity index is 1.58. The van der Waals surface area contributed by atoms with Crippen molar-refractivity contribution in [3.05, 3.63) is 18.0 Å². The van der Waals surface area contributed by atoms with Gasteiger partial charge in [0.1, 0.15) is 5.82 Å². The molecule has 2 fully saturated rings. The molecule has 0 unspecified atom stereocenters. The van der Waals surface area contributed by atoms with Crippen LogP contribution in [0.4, 0.5) is 5.95 Å². The largest absolute Gasteiger partial charge is 0.417 e. The maximum Gasteiger partial charge on any atom is 0.369 e. The summed E-state index contributed by atoms with van der Waals surface area (Å²) in [5.74, 6) is -1.43. The average molecular weight is 361 g/mol. The Morgan fingerprint density at radius 2 is 2.00 bits per heavy atom. The zero-order valence-electron chi connectivity index (χ0n) is 14.9. The predicted octanol–water partition coefficient (Wildman–Crippen LogP) is 2.22. The molecule has 26 heavy (non-hydrogen) atoms. The van der Waals surface area contributed by atoms with Crippen molar-refractivity contribution in [2.45, 2.75) is 58.2 Å². The van der Waals surface area contributed by atoms with Crippen LogP contribution in [-0.4, -0.2) is 38.6 Å².